The van der Waals surface area contributed by atoms with E-state index in [9.17, 15) is 4.79 Å². The molecule has 0 amide bonds. The van der Waals surface area contributed by atoms with Crippen molar-refractivity contribution < 1.29 is 4.79 Å². The Hall–Kier alpha value is -1.76. The predicted molar refractivity (Wildman–Crippen MR) is 110 cm³/mol. The van der Waals surface area contributed by atoms with E-state index >= 15 is 0 Å². The number of carbonyl (C=O) groups is 1. The monoisotopic (exact) mass is 398 g/mol. The topological polar surface area (TPSA) is 17.1 Å². The van der Waals surface area contributed by atoms with E-state index in [4.69, 9.17) is 0 Å². The van der Waals surface area contributed by atoms with Crippen LogP contribution in [0.1, 0.15) is 6.42 Å². The first-order chi connectivity index (χ1) is 11.7. The molecule has 0 spiro atoms. The minimum atomic E-state index is -2.87. The van der Waals surface area contributed by atoms with Crippen molar-refractivity contribution in [3.8, 4) is 0 Å². The average Bonchev–Trinajstić information content (AvgIpc) is 2.68. The molecule has 122 valence electrons. The van der Waals surface area contributed by atoms with Gasteiger partial charge in [-0.3, -0.25) is 0 Å². The van der Waals surface area contributed by atoms with Gasteiger partial charge in [-0.15, -0.1) is 0 Å². The van der Waals surface area contributed by atoms with Crippen LogP contribution in [0.3, 0.4) is 0 Å². The fourth-order valence-corrected chi connectivity index (χ4v) is 10.7. The molecule has 0 aromatic heterocycles. The molecule has 0 aliphatic carbocycles. The van der Waals surface area contributed by atoms with Crippen molar-refractivity contribution >= 4 is 43.0 Å². The van der Waals surface area contributed by atoms with Crippen molar-refractivity contribution in [2.75, 3.05) is 6.16 Å². The van der Waals surface area contributed by atoms with E-state index in [-0.39, 0.29) is 0 Å². The third kappa shape index (κ3) is 2.75. The summed E-state index contributed by atoms with van der Waals surface area (Å²) in [5.41, 5.74) is 0. The van der Waals surface area contributed by atoms with E-state index in [2.05, 4.69) is 88.3 Å². The fourth-order valence-electron chi connectivity index (χ4n) is 3.35. The van der Waals surface area contributed by atoms with Crippen LogP contribution in [0.4, 0.5) is 0 Å². The molecule has 0 atom stereocenters. The fraction of sp³-hybridized carbons (Fsp3) is 0.0952. The maximum atomic E-state index is 11.3. The maximum absolute atomic E-state index is 11.3. The summed E-state index contributed by atoms with van der Waals surface area (Å²) < 4.78 is 0. The van der Waals surface area contributed by atoms with Crippen LogP contribution in [0.2, 0.25) is 0 Å². The molecule has 0 aliphatic heterocycles. The van der Waals surface area contributed by atoms with E-state index in [1.807, 2.05) is 18.2 Å². The summed E-state index contributed by atoms with van der Waals surface area (Å²) in [4.78, 5) is 11.3. The molecular formula is C21H20BrOP. The number of benzene rings is 3. The van der Waals surface area contributed by atoms with Gasteiger partial charge in [0.15, 0.2) is 0 Å². The Morgan fingerprint density at radius 2 is 1.00 bits per heavy atom. The molecule has 0 radical (unpaired) electrons. The van der Waals surface area contributed by atoms with Gasteiger partial charge in [-0.2, -0.15) is 0 Å². The summed E-state index contributed by atoms with van der Waals surface area (Å²) in [7, 11) is 0. The van der Waals surface area contributed by atoms with Crippen LogP contribution in [0.15, 0.2) is 91.0 Å². The first-order valence-electron chi connectivity index (χ1n) is 8.03. The van der Waals surface area contributed by atoms with Crippen molar-refractivity contribution in [2.45, 2.75) is 6.42 Å². The number of hydrogen-bond donors (Lipinski definition) is 0. The summed E-state index contributed by atoms with van der Waals surface area (Å²) in [6.45, 7) is 0. The van der Waals surface area contributed by atoms with Gasteiger partial charge in [-0.05, 0) is 0 Å². The first kappa shape index (κ1) is 17.1. The third-order valence-electron chi connectivity index (χ3n) is 4.55. The Kier molecular flexibility index (Phi) is 4.99. The van der Waals surface area contributed by atoms with Crippen molar-refractivity contribution in [1.82, 2.24) is 0 Å². The van der Waals surface area contributed by atoms with Gasteiger partial charge < -0.3 is 0 Å². The SMILES string of the molecule is O=CCCP(Br)(c1ccccc1)(c1ccccc1)c1ccccc1. The van der Waals surface area contributed by atoms with Crippen LogP contribution >= 0.6 is 20.8 Å². The molecule has 3 aromatic rings. The molecule has 0 bridgehead atoms. The summed E-state index contributed by atoms with van der Waals surface area (Å²) in [5, 5.41) is 0.886. The summed E-state index contributed by atoms with van der Waals surface area (Å²) in [6, 6.07) is 31.6. The number of aldehydes is 1. The Morgan fingerprint density at radius 3 is 1.29 bits per heavy atom. The zero-order chi connectivity index (χ0) is 16.9. The molecule has 0 fully saturated rings. The molecule has 0 unspecified atom stereocenters. The molecule has 0 heterocycles. The number of rotatable bonds is 6. The van der Waals surface area contributed by atoms with E-state index < -0.39 is 5.31 Å². The van der Waals surface area contributed by atoms with E-state index in [1.165, 1.54) is 15.9 Å². The predicted octanol–water partition coefficient (Wildman–Crippen LogP) is 4.42. The van der Waals surface area contributed by atoms with E-state index in [0.29, 0.717) is 6.42 Å². The molecular weight excluding hydrogens is 379 g/mol. The summed E-state index contributed by atoms with van der Waals surface area (Å²) in [5.74, 6) is 0. The van der Waals surface area contributed by atoms with Gasteiger partial charge in [0.2, 0.25) is 0 Å². The molecule has 24 heavy (non-hydrogen) atoms. The van der Waals surface area contributed by atoms with Crippen LogP contribution in [-0.2, 0) is 4.79 Å². The van der Waals surface area contributed by atoms with Gasteiger partial charge in [-0.25, -0.2) is 0 Å². The molecule has 1 nitrogen and oxygen atoms in total. The Morgan fingerprint density at radius 1 is 0.667 bits per heavy atom. The third-order valence-corrected chi connectivity index (χ3v) is 14.5. The average molecular weight is 399 g/mol. The first-order valence-corrected chi connectivity index (χ1v) is 12.5. The standard InChI is InChI=1S/C21H20BrOP/c22-24(18-10-17-23,19-11-4-1-5-12-19,20-13-6-2-7-14-20)21-15-8-3-9-16-21/h1-9,11-17H,10,18H2. The molecule has 3 aromatic carbocycles. The second-order valence-corrected chi connectivity index (χ2v) is 14.9. The van der Waals surface area contributed by atoms with E-state index in [0.717, 1.165) is 12.4 Å². The van der Waals surface area contributed by atoms with Gasteiger partial charge in [0.25, 0.3) is 0 Å². The Balaban J connectivity index is 2.40. The van der Waals surface area contributed by atoms with E-state index in [1.54, 1.807) is 0 Å². The molecule has 0 saturated carbocycles. The van der Waals surface area contributed by atoms with Crippen LogP contribution in [0, 0.1) is 0 Å². The summed E-state index contributed by atoms with van der Waals surface area (Å²) >= 11 is 4.29. The van der Waals surface area contributed by atoms with Crippen LogP contribution < -0.4 is 15.9 Å². The second kappa shape index (κ2) is 7.01. The van der Waals surface area contributed by atoms with Crippen LogP contribution in [0.5, 0.6) is 0 Å². The second-order valence-electron chi connectivity index (χ2n) is 5.87. The quantitative estimate of drug-likeness (QED) is 0.443. The van der Waals surface area contributed by atoms with Crippen molar-refractivity contribution in [1.29, 1.82) is 0 Å². The Labute approximate surface area is 151 Å². The van der Waals surface area contributed by atoms with Gasteiger partial charge in [0.05, 0.1) is 0 Å². The van der Waals surface area contributed by atoms with Crippen LogP contribution in [0.25, 0.3) is 0 Å². The number of hydrogen-bond acceptors (Lipinski definition) is 1. The van der Waals surface area contributed by atoms with Gasteiger partial charge >= 0.3 is 151 Å². The van der Waals surface area contributed by atoms with Crippen molar-refractivity contribution in [2.24, 2.45) is 0 Å². The summed E-state index contributed by atoms with van der Waals surface area (Å²) in [6.07, 6.45) is 2.31. The molecule has 3 heteroatoms. The zero-order valence-electron chi connectivity index (χ0n) is 13.4. The normalized spacial score (nSPS) is 13.0. The van der Waals surface area contributed by atoms with Crippen LogP contribution in [-0.4, -0.2) is 12.4 Å². The van der Waals surface area contributed by atoms with Gasteiger partial charge in [0.1, 0.15) is 0 Å². The van der Waals surface area contributed by atoms with Crippen molar-refractivity contribution in [3.63, 3.8) is 0 Å². The van der Waals surface area contributed by atoms with Gasteiger partial charge in [0, 0.05) is 0 Å². The minimum absolute atomic E-state index is 0.516. The molecule has 0 N–H and O–H groups in total. The molecule has 3 rings (SSSR count). The molecule has 0 saturated heterocycles. The Bertz CT molecular complexity index is 704. The molecule has 0 aliphatic rings. The number of halogens is 1. The zero-order valence-corrected chi connectivity index (χ0v) is 15.9. The van der Waals surface area contributed by atoms with Crippen molar-refractivity contribution in [3.05, 3.63) is 91.0 Å². The number of carbonyl (C=O) groups excluding carboxylic acids is 1. The van der Waals surface area contributed by atoms with Gasteiger partial charge in [-0.1, -0.05) is 0 Å².